The number of rotatable bonds is 6. The van der Waals surface area contributed by atoms with Gasteiger partial charge in [-0.25, -0.2) is 21.9 Å². The number of likely N-dealkylation sites (N-methyl/N-ethyl adjacent to an activating group) is 1. The summed E-state index contributed by atoms with van der Waals surface area (Å²) in [6.45, 7) is 3.37. The summed E-state index contributed by atoms with van der Waals surface area (Å²) >= 11 is 0. The lowest BCUT2D eigenvalue weighted by Gasteiger charge is -2.32. The number of amides is 1. The molecule has 2 atom stereocenters. The van der Waals surface area contributed by atoms with E-state index in [9.17, 15) is 22.0 Å². The van der Waals surface area contributed by atoms with E-state index in [0.717, 1.165) is 70.1 Å². The molecule has 1 saturated heterocycles. The smallest absolute Gasteiger partial charge is 0.246 e. The van der Waals surface area contributed by atoms with Gasteiger partial charge in [0.2, 0.25) is 15.9 Å². The first-order chi connectivity index (χ1) is 13.8. The Kier molecular flexibility index (Phi) is 7.20. The van der Waals surface area contributed by atoms with Gasteiger partial charge in [-0.2, -0.15) is 0 Å². The SMILES string of the molecule is CN1CCCN(C2CCCC2NC(=O)CNS(=O)(=O)c2c(F)cccc2F)CC1. The average molecular weight is 431 g/mol. The molecule has 10 heteroatoms. The van der Waals surface area contributed by atoms with Gasteiger partial charge in [0.25, 0.3) is 0 Å². The van der Waals surface area contributed by atoms with Crippen molar-refractivity contribution in [1.29, 1.82) is 0 Å². The number of carbonyl (C=O) groups excluding carboxylic acids is 1. The fraction of sp³-hybridized carbons (Fsp3) is 0.632. The van der Waals surface area contributed by atoms with Gasteiger partial charge >= 0.3 is 0 Å². The zero-order chi connectivity index (χ0) is 21.0. The molecule has 0 bridgehead atoms. The van der Waals surface area contributed by atoms with Crippen LogP contribution in [0, 0.1) is 11.6 Å². The molecule has 162 valence electrons. The van der Waals surface area contributed by atoms with Crippen molar-refractivity contribution < 1.29 is 22.0 Å². The first-order valence-corrected chi connectivity index (χ1v) is 11.4. The second-order valence-corrected chi connectivity index (χ2v) is 9.44. The third kappa shape index (κ3) is 5.50. The third-order valence-electron chi connectivity index (χ3n) is 5.66. The Morgan fingerprint density at radius 3 is 2.55 bits per heavy atom. The van der Waals surface area contributed by atoms with Gasteiger partial charge in [-0.3, -0.25) is 9.69 Å². The number of sulfonamides is 1. The van der Waals surface area contributed by atoms with Crippen LogP contribution < -0.4 is 10.0 Å². The molecule has 2 N–H and O–H groups in total. The maximum absolute atomic E-state index is 13.7. The number of halogens is 2. The van der Waals surface area contributed by atoms with E-state index >= 15 is 0 Å². The number of nitrogens with one attached hydrogen (secondary N) is 2. The largest absolute Gasteiger partial charge is 0.351 e. The van der Waals surface area contributed by atoms with E-state index in [1.165, 1.54) is 0 Å². The number of nitrogens with zero attached hydrogens (tertiary/aromatic N) is 2. The molecule has 1 heterocycles. The van der Waals surface area contributed by atoms with Crippen LogP contribution in [0.3, 0.4) is 0 Å². The normalized spacial score (nSPS) is 24.4. The molecule has 0 aromatic heterocycles. The zero-order valence-corrected chi connectivity index (χ0v) is 17.4. The van der Waals surface area contributed by atoms with E-state index in [1.54, 1.807) is 0 Å². The van der Waals surface area contributed by atoms with Crippen molar-refractivity contribution in [3.63, 3.8) is 0 Å². The summed E-state index contributed by atoms with van der Waals surface area (Å²) in [5.41, 5.74) is 0. The molecule has 1 saturated carbocycles. The van der Waals surface area contributed by atoms with Crippen molar-refractivity contribution in [2.24, 2.45) is 0 Å². The molecule has 1 amide bonds. The van der Waals surface area contributed by atoms with Gasteiger partial charge in [-0.1, -0.05) is 6.07 Å². The van der Waals surface area contributed by atoms with E-state index < -0.39 is 39.0 Å². The van der Waals surface area contributed by atoms with Crippen molar-refractivity contribution in [3.05, 3.63) is 29.8 Å². The minimum absolute atomic E-state index is 0.0550. The highest BCUT2D eigenvalue weighted by atomic mass is 32.2. The number of benzene rings is 1. The average Bonchev–Trinajstić information content (AvgIpc) is 2.99. The number of hydrogen-bond donors (Lipinski definition) is 2. The van der Waals surface area contributed by atoms with Crippen LogP contribution in [-0.4, -0.2) is 76.0 Å². The van der Waals surface area contributed by atoms with Crippen LogP contribution in [0.15, 0.2) is 23.1 Å². The van der Waals surface area contributed by atoms with Gasteiger partial charge in [0.1, 0.15) is 11.6 Å². The van der Waals surface area contributed by atoms with E-state index in [1.807, 2.05) is 4.72 Å². The first-order valence-electron chi connectivity index (χ1n) is 9.93. The Morgan fingerprint density at radius 1 is 1.10 bits per heavy atom. The molecule has 1 aromatic carbocycles. The Hall–Kier alpha value is -1.62. The van der Waals surface area contributed by atoms with Crippen LogP contribution in [0.1, 0.15) is 25.7 Å². The zero-order valence-electron chi connectivity index (χ0n) is 16.5. The number of hydrogen-bond acceptors (Lipinski definition) is 5. The Balaban J connectivity index is 1.57. The molecule has 1 aromatic rings. The van der Waals surface area contributed by atoms with E-state index in [4.69, 9.17) is 0 Å². The number of carbonyl (C=O) groups is 1. The highest BCUT2D eigenvalue weighted by Crippen LogP contribution is 2.25. The standard InChI is InChI=1S/C19H28F2N4O3S/c1-24-9-4-10-25(12-11-24)17-8-3-7-16(17)23-18(26)13-22-29(27,28)19-14(20)5-2-6-15(19)21/h2,5-6,16-17,22H,3-4,7-13H2,1H3,(H,23,26). The molecule has 3 rings (SSSR count). The summed E-state index contributed by atoms with van der Waals surface area (Å²) in [5.74, 6) is -2.89. The van der Waals surface area contributed by atoms with Gasteiger partial charge < -0.3 is 10.2 Å². The molecule has 2 unspecified atom stereocenters. The fourth-order valence-electron chi connectivity index (χ4n) is 4.17. The molecule has 7 nitrogen and oxygen atoms in total. The molecule has 2 fully saturated rings. The highest BCUT2D eigenvalue weighted by Gasteiger charge is 2.34. The van der Waals surface area contributed by atoms with Crippen molar-refractivity contribution >= 4 is 15.9 Å². The monoisotopic (exact) mass is 430 g/mol. The quantitative estimate of drug-likeness (QED) is 0.702. The molecule has 1 aliphatic carbocycles. The van der Waals surface area contributed by atoms with Gasteiger partial charge in [0.15, 0.2) is 4.90 Å². The summed E-state index contributed by atoms with van der Waals surface area (Å²) < 4.78 is 53.9. The van der Waals surface area contributed by atoms with Crippen molar-refractivity contribution in [1.82, 2.24) is 19.8 Å². The van der Waals surface area contributed by atoms with E-state index in [-0.39, 0.29) is 12.1 Å². The minimum atomic E-state index is -4.47. The van der Waals surface area contributed by atoms with Gasteiger partial charge in [-0.15, -0.1) is 0 Å². The Bertz CT molecular complexity index is 816. The fourth-order valence-corrected chi connectivity index (χ4v) is 5.29. The lowest BCUT2D eigenvalue weighted by Crippen LogP contribution is -2.51. The summed E-state index contributed by atoms with van der Waals surface area (Å²) in [6, 6.07) is 2.97. The molecule has 29 heavy (non-hydrogen) atoms. The van der Waals surface area contributed by atoms with Crippen molar-refractivity contribution in [3.8, 4) is 0 Å². The predicted octanol–water partition coefficient (Wildman–Crippen LogP) is 0.918. The second kappa shape index (κ2) is 9.46. The summed E-state index contributed by atoms with van der Waals surface area (Å²) in [6.07, 6.45) is 3.88. The van der Waals surface area contributed by atoms with Crippen LogP contribution in [0.5, 0.6) is 0 Å². The third-order valence-corrected chi connectivity index (χ3v) is 7.11. The maximum atomic E-state index is 13.7. The molecular formula is C19H28F2N4O3S. The van der Waals surface area contributed by atoms with Crippen molar-refractivity contribution in [2.75, 3.05) is 39.8 Å². The lowest BCUT2D eigenvalue weighted by molar-refractivity contribution is -0.121. The van der Waals surface area contributed by atoms with Gasteiger partial charge in [-0.05, 0) is 58.0 Å². The Morgan fingerprint density at radius 2 is 1.83 bits per heavy atom. The maximum Gasteiger partial charge on any atom is 0.246 e. The van der Waals surface area contributed by atoms with Crippen LogP contribution in [0.4, 0.5) is 8.78 Å². The molecule has 2 aliphatic rings. The van der Waals surface area contributed by atoms with Gasteiger partial charge in [0, 0.05) is 25.2 Å². The van der Waals surface area contributed by atoms with Crippen molar-refractivity contribution in [2.45, 2.75) is 42.7 Å². The summed E-state index contributed by atoms with van der Waals surface area (Å²) in [5, 5.41) is 2.90. The molecule has 1 aliphatic heterocycles. The second-order valence-electron chi connectivity index (χ2n) is 7.74. The van der Waals surface area contributed by atoms with E-state index in [0.29, 0.717) is 0 Å². The van der Waals surface area contributed by atoms with Gasteiger partial charge in [0.05, 0.1) is 6.54 Å². The van der Waals surface area contributed by atoms with Crippen LogP contribution in [0.25, 0.3) is 0 Å². The first kappa shape index (κ1) is 22.1. The van der Waals surface area contributed by atoms with Crippen LogP contribution in [0.2, 0.25) is 0 Å². The Labute approximate surface area is 170 Å². The highest BCUT2D eigenvalue weighted by molar-refractivity contribution is 7.89. The minimum Gasteiger partial charge on any atom is -0.351 e. The van der Waals surface area contributed by atoms with E-state index in [2.05, 4.69) is 22.2 Å². The van der Waals surface area contributed by atoms with Crippen LogP contribution in [-0.2, 0) is 14.8 Å². The summed E-state index contributed by atoms with van der Waals surface area (Å²) in [4.78, 5) is 16.0. The molecular weight excluding hydrogens is 402 g/mol. The topological polar surface area (TPSA) is 81.8 Å². The molecule has 0 radical (unpaired) electrons. The lowest BCUT2D eigenvalue weighted by atomic mass is 10.1. The van der Waals surface area contributed by atoms with Crippen LogP contribution >= 0.6 is 0 Å². The predicted molar refractivity (Wildman–Crippen MR) is 105 cm³/mol. The summed E-state index contributed by atoms with van der Waals surface area (Å²) in [7, 11) is -2.37. The molecule has 0 spiro atoms.